The fraction of sp³-hybridized carbons (Fsp3) is 0.0476. The van der Waals surface area contributed by atoms with Crippen molar-refractivity contribution in [2.75, 3.05) is 0 Å². The van der Waals surface area contributed by atoms with Crippen LogP contribution in [0.25, 0.3) is 0 Å². The minimum atomic E-state index is -0.657. The summed E-state index contributed by atoms with van der Waals surface area (Å²) in [6.45, 7) is 0.405. The fourth-order valence-electron chi connectivity index (χ4n) is 2.58. The highest BCUT2D eigenvalue weighted by Crippen LogP contribution is 2.29. The van der Waals surface area contributed by atoms with Crippen LogP contribution in [0, 0.1) is 17.3 Å². The molecular weight excluding hydrogens is 648 g/mol. The second-order valence-electron chi connectivity index (χ2n) is 6.20. The van der Waals surface area contributed by atoms with Crippen molar-refractivity contribution in [2.45, 2.75) is 6.61 Å². The molecule has 0 aliphatic heterocycles. The number of nitrogens with one attached hydrogen (secondary N) is 1. The zero-order valence-electron chi connectivity index (χ0n) is 15.7. The van der Waals surface area contributed by atoms with Gasteiger partial charge < -0.3 is 4.74 Å². The SMILES string of the molecule is O=C(N/N=C\c1cc(I)c(OCc2ccc(Cl)cc2)c(I)c1)c1ccccc1[N+](=O)[O-]. The first-order valence-corrected chi connectivity index (χ1v) is 11.3. The van der Waals surface area contributed by atoms with E-state index < -0.39 is 10.8 Å². The van der Waals surface area contributed by atoms with E-state index in [4.69, 9.17) is 16.3 Å². The summed E-state index contributed by atoms with van der Waals surface area (Å²) in [5, 5.41) is 15.7. The molecule has 0 spiro atoms. The van der Waals surface area contributed by atoms with E-state index in [9.17, 15) is 14.9 Å². The van der Waals surface area contributed by atoms with Crippen molar-refractivity contribution < 1.29 is 14.5 Å². The molecule has 3 aromatic rings. The summed E-state index contributed by atoms with van der Waals surface area (Å²) in [7, 11) is 0. The Labute approximate surface area is 210 Å². The average Bonchev–Trinajstić information content (AvgIpc) is 2.74. The van der Waals surface area contributed by atoms with Gasteiger partial charge in [-0.2, -0.15) is 5.10 Å². The van der Waals surface area contributed by atoms with Crippen molar-refractivity contribution in [2.24, 2.45) is 5.10 Å². The Morgan fingerprint density at radius 3 is 2.42 bits per heavy atom. The topological polar surface area (TPSA) is 93.8 Å². The van der Waals surface area contributed by atoms with E-state index >= 15 is 0 Å². The number of carbonyl (C=O) groups excluding carboxylic acids is 1. The third-order valence-electron chi connectivity index (χ3n) is 4.04. The first-order chi connectivity index (χ1) is 14.8. The van der Waals surface area contributed by atoms with Crippen LogP contribution < -0.4 is 10.2 Å². The highest BCUT2D eigenvalue weighted by Gasteiger charge is 2.18. The quantitative estimate of drug-likeness (QED) is 0.150. The summed E-state index contributed by atoms with van der Waals surface area (Å²) >= 11 is 10.2. The number of hydrogen-bond acceptors (Lipinski definition) is 5. The number of benzene rings is 3. The van der Waals surface area contributed by atoms with E-state index in [2.05, 4.69) is 55.7 Å². The number of para-hydroxylation sites is 1. The minimum Gasteiger partial charge on any atom is -0.487 e. The van der Waals surface area contributed by atoms with E-state index in [1.54, 1.807) is 6.07 Å². The Balaban J connectivity index is 1.67. The lowest BCUT2D eigenvalue weighted by Crippen LogP contribution is -2.19. The average molecular weight is 662 g/mol. The predicted octanol–water partition coefficient (Wildman–Crippen LogP) is 5.80. The van der Waals surface area contributed by atoms with Crippen LogP contribution >= 0.6 is 56.8 Å². The number of rotatable bonds is 7. The van der Waals surface area contributed by atoms with Crippen molar-refractivity contribution in [1.29, 1.82) is 0 Å². The van der Waals surface area contributed by atoms with Gasteiger partial charge in [0.25, 0.3) is 11.6 Å². The number of halogens is 3. The van der Waals surface area contributed by atoms with Crippen molar-refractivity contribution in [3.8, 4) is 5.75 Å². The molecule has 0 fully saturated rings. The summed E-state index contributed by atoms with van der Waals surface area (Å²) < 4.78 is 7.71. The molecule has 0 unspecified atom stereocenters. The molecule has 1 N–H and O–H groups in total. The van der Waals surface area contributed by atoms with Crippen molar-refractivity contribution >= 4 is 74.6 Å². The third-order valence-corrected chi connectivity index (χ3v) is 5.90. The first kappa shape index (κ1) is 23.4. The van der Waals surface area contributed by atoms with Gasteiger partial charge in [-0.15, -0.1) is 0 Å². The summed E-state index contributed by atoms with van der Waals surface area (Å²) in [6, 6.07) is 16.9. The number of nitro groups is 1. The number of ether oxygens (including phenoxy) is 1. The maximum absolute atomic E-state index is 12.2. The maximum atomic E-state index is 12.2. The summed E-state index contributed by atoms with van der Waals surface area (Å²) in [4.78, 5) is 22.7. The lowest BCUT2D eigenvalue weighted by molar-refractivity contribution is -0.385. The Hall–Kier alpha value is -2.25. The number of carbonyl (C=O) groups is 1. The Kier molecular flexibility index (Phi) is 8.21. The highest BCUT2D eigenvalue weighted by atomic mass is 127. The van der Waals surface area contributed by atoms with E-state index in [1.807, 2.05) is 36.4 Å². The number of hydrogen-bond donors (Lipinski definition) is 1. The van der Waals surface area contributed by atoms with Gasteiger partial charge in [-0.1, -0.05) is 35.9 Å². The summed E-state index contributed by atoms with van der Waals surface area (Å²) in [5.41, 5.74) is 3.74. The number of hydrazone groups is 1. The van der Waals surface area contributed by atoms with Crippen molar-refractivity contribution in [3.63, 3.8) is 0 Å². The molecule has 0 saturated heterocycles. The zero-order chi connectivity index (χ0) is 22.4. The number of amides is 1. The second kappa shape index (κ2) is 10.9. The van der Waals surface area contributed by atoms with Gasteiger partial charge in [0.15, 0.2) is 0 Å². The van der Waals surface area contributed by atoms with Gasteiger partial charge in [-0.3, -0.25) is 14.9 Å². The van der Waals surface area contributed by atoms with Crippen molar-refractivity contribution in [3.05, 3.63) is 99.6 Å². The molecule has 0 heterocycles. The molecule has 0 saturated carbocycles. The molecule has 10 heteroatoms. The van der Waals surface area contributed by atoms with E-state index in [1.165, 1.54) is 24.4 Å². The summed E-state index contributed by atoms with van der Waals surface area (Å²) in [6.07, 6.45) is 1.47. The van der Waals surface area contributed by atoms with Crippen LogP contribution in [-0.4, -0.2) is 17.0 Å². The van der Waals surface area contributed by atoms with Crippen LogP contribution in [0.5, 0.6) is 5.75 Å². The highest BCUT2D eigenvalue weighted by molar-refractivity contribution is 14.1. The minimum absolute atomic E-state index is 0.0558. The van der Waals surface area contributed by atoms with Gasteiger partial charge in [-0.05, 0) is 86.6 Å². The molecule has 31 heavy (non-hydrogen) atoms. The maximum Gasteiger partial charge on any atom is 0.282 e. The second-order valence-corrected chi connectivity index (χ2v) is 8.96. The van der Waals surface area contributed by atoms with E-state index in [-0.39, 0.29) is 11.3 Å². The zero-order valence-corrected chi connectivity index (χ0v) is 20.8. The largest absolute Gasteiger partial charge is 0.487 e. The molecule has 3 rings (SSSR count). The lowest BCUT2D eigenvalue weighted by Gasteiger charge is -2.11. The third kappa shape index (κ3) is 6.37. The van der Waals surface area contributed by atoms with Crippen LogP contribution in [0.2, 0.25) is 5.02 Å². The molecular formula is C21H14ClI2N3O4. The molecule has 0 aliphatic carbocycles. The Morgan fingerprint density at radius 2 is 1.77 bits per heavy atom. The molecule has 0 atom stereocenters. The van der Waals surface area contributed by atoms with Gasteiger partial charge in [0.2, 0.25) is 0 Å². The van der Waals surface area contributed by atoms with Gasteiger partial charge in [0.1, 0.15) is 17.9 Å². The standard InChI is InChI=1S/C21H14ClI2N3O4/c22-15-7-5-13(6-8-15)12-31-20-17(23)9-14(10-18(20)24)11-25-26-21(28)16-3-1-2-4-19(16)27(29)30/h1-11H,12H2,(H,26,28)/b25-11-. The molecule has 3 aromatic carbocycles. The Bertz CT molecular complexity index is 1130. The molecule has 0 radical (unpaired) electrons. The molecule has 0 bridgehead atoms. The van der Waals surface area contributed by atoms with E-state index in [0.29, 0.717) is 11.6 Å². The van der Waals surface area contributed by atoms with Crippen LogP contribution in [0.1, 0.15) is 21.5 Å². The number of nitro benzene ring substituents is 1. The smallest absolute Gasteiger partial charge is 0.282 e. The molecule has 158 valence electrons. The van der Waals surface area contributed by atoms with Gasteiger partial charge in [-0.25, -0.2) is 5.43 Å². The van der Waals surface area contributed by atoms with Gasteiger partial charge in [0, 0.05) is 11.1 Å². The van der Waals surface area contributed by atoms with Crippen LogP contribution in [0.4, 0.5) is 5.69 Å². The monoisotopic (exact) mass is 661 g/mol. The van der Waals surface area contributed by atoms with E-state index in [0.717, 1.165) is 24.0 Å². The van der Waals surface area contributed by atoms with Gasteiger partial charge >= 0.3 is 0 Å². The van der Waals surface area contributed by atoms with Crippen LogP contribution in [0.3, 0.4) is 0 Å². The van der Waals surface area contributed by atoms with Crippen LogP contribution in [-0.2, 0) is 6.61 Å². The van der Waals surface area contributed by atoms with Crippen LogP contribution in [0.15, 0.2) is 65.8 Å². The Morgan fingerprint density at radius 1 is 1.13 bits per heavy atom. The van der Waals surface area contributed by atoms with Gasteiger partial charge in [0.05, 0.1) is 18.3 Å². The first-order valence-electron chi connectivity index (χ1n) is 8.78. The number of nitrogens with zero attached hydrogens (tertiary/aromatic N) is 2. The normalized spacial score (nSPS) is 10.8. The molecule has 0 aromatic heterocycles. The molecule has 7 nitrogen and oxygen atoms in total. The predicted molar refractivity (Wildman–Crippen MR) is 136 cm³/mol. The fourth-order valence-corrected chi connectivity index (χ4v) is 4.83. The lowest BCUT2D eigenvalue weighted by atomic mass is 10.2. The molecule has 0 aliphatic rings. The van der Waals surface area contributed by atoms with Crippen molar-refractivity contribution in [1.82, 2.24) is 5.43 Å². The molecule has 1 amide bonds. The summed E-state index contributed by atoms with van der Waals surface area (Å²) in [5.74, 6) is 0.0908.